The monoisotopic (exact) mass is 435 g/mol. The third kappa shape index (κ3) is 8.05. The Morgan fingerprint density at radius 1 is 1.20 bits per heavy atom. The minimum absolute atomic E-state index is 0.594. The molecule has 0 bridgehead atoms. The van der Waals surface area contributed by atoms with Gasteiger partial charge in [-0.15, -0.1) is 0 Å². The lowest BCUT2D eigenvalue weighted by molar-refractivity contribution is 0.148. The normalized spacial score (nSPS) is 16.4. The molecule has 0 saturated carbocycles. The van der Waals surface area contributed by atoms with Crippen LogP contribution >= 0.6 is 12.2 Å². The summed E-state index contributed by atoms with van der Waals surface area (Å²) in [5.74, 6) is 1.45. The minimum Gasteiger partial charge on any atom is -0.496 e. The average Bonchev–Trinajstić information content (AvgIpc) is 2.74. The number of methoxy groups -OCH3 is 1. The molecule has 0 aromatic heterocycles. The Morgan fingerprint density at radius 2 is 1.93 bits per heavy atom. The summed E-state index contributed by atoms with van der Waals surface area (Å²) in [6.45, 7) is 10.5. The van der Waals surface area contributed by atoms with E-state index in [-0.39, 0.29) is 0 Å². The predicted molar refractivity (Wildman–Crippen MR) is 130 cm³/mol. The Labute approximate surface area is 188 Å². The van der Waals surface area contributed by atoms with Gasteiger partial charge in [-0.05, 0) is 55.7 Å². The number of hydrogen-bond acceptors (Lipinski definition) is 6. The van der Waals surface area contributed by atoms with Crippen molar-refractivity contribution in [1.29, 1.82) is 0 Å². The quantitative estimate of drug-likeness (QED) is 0.385. The highest BCUT2D eigenvalue weighted by molar-refractivity contribution is 7.80. The fourth-order valence-electron chi connectivity index (χ4n) is 3.94. The number of nitrogens with two attached hydrogens (primary N) is 1. The second-order valence-electron chi connectivity index (χ2n) is 8.54. The van der Waals surface area contributed by atoms with Gasteiger partial charge >= 0.3 is 0 Å². The van der Waals surface area contributed by atoms with E-state index in [0.717, 1.165) is 69.2 Å². The SMILES string of the molecule is CCCCC(CC)COC(=S)CCc1c(N)cc(CN2CCN(C)CC2)cc1OC. The van der Waals surface area contributed by atoms with E-state index < -0.39 is 0 Å². The fourth-order valence-corrected chi connectivity index (χ4v) is 4.11. The Morgan fingerprint density at radius 3 is 2.57 bits per heavy atom. The van der Waals surface area contributed by atoms with Crippen LogP contribution in [0.5, 0.6) is 5.75 Å². The lowest BCUT2D eigenvalue weighted by atomic mass is 10.0. The molecule has 0 amide bonds. The van der Waals surface area contributed by atoms with E-state index in [0.29, 0.717) is 17.4 Å². The van der Waals surface area contributed by atoms with Crippen LogP contribution in [0.3, 0.4) is 0 Å². The van der Waals surface area contributed by atoms with Crippen molar-refractivity contribution >= 4 is 23.0 Å². The zero-order valence-electron chi connectivity index (χ0n) is 19.4. The molecule has 1 saturated heterocycles. The topological polar surface area (TPSA) is 51.0 Å². The van der Waals surface area contributed by atoms with Crippen LogP contribution in [0.2, 0.25) is 0 Å². The minimum atomic E-state index is 0.594. The maximum Gasteiger partial charge on any atom is 0.160 e. The Kier molecular flexibility index (Phi) is 10.9. The molecule has 30 heavy (non-hydrogen) atoms. The lowest BCUT2D eigenvalue weighted by Gasteiger charge is -2.32. The third-order valence-electron chi connectivity index (χ3n) is 6.13. The number of hydrogen-bond donors (Lipinski definition) is 1. The first-order chi connectivity index (χ1) is 14.5. The Bertz CT molecular complexity index is 660. The summed E-state index contributed by atoms with van der Waals surface area (Å²) < 4.78 is 11.6. The molecule has 0 aliphatic carbocycles. The summed E-state index contributed by atoms with van der Waals surface area (Å²) in [5, 5.41) is 0.674. The maximum atomic E-state index is 6.42. The Balaban J connectivity index is 1.89. The molecule has 6 heteroatoms. The number of anilines is 1. The van der Waals surface area contributed by atoms with Gasteiger partial charge in [-0.2, -0.15) is 0 Å². The smallest absolute Gasteiger partial charge is 0.160 e. The number of nitrogens with zero attached hydrogens (tertiary/aromatic N) is 2. The van der Waals surface area contributed by atoms with E-state index in [2.05, 4.69) is 42.8 Å². The van der Waals surface area contributed by atoms with Crippen molar-refractivity contribution in [2.24, 2.45) is 5.92 Å². The van der Waals surface area contributed by atoms with Crippen LogP contribution in [0, 0.1) is 5.92 Å². The molecule has 0 radical (unpaired) electrons. The van der Waals surface area contributed by atoms with Gasteiger partial charge in [-0.3, -0.25) is 4.90 Å². The van der Waals surface area contributed by atoms with Crippen LogP contribution in [0.25, 0.3) is 0 Å². The molecule has 2 rings (SSSR count). The molecule has 170 valence electrons. The van der Waals surface area contributed by atoms with E-state index in [4.69, 9.17) is 27.4 Å². The molecular formula is C24H41N3O2S. The van der Waals surface area contributed by atoms with Crippen molar-refractivity contribution < 1.29 is 9.47 Å². The van der Waals surface area contributed by atoms with Crippen molar-refractivity contribution in [3.05, 3.63) is 23.3 Å². The van der Waals surface area contributed by atoms with Gasteiger partial charge in [0.05, 0.1) is 13.7 Å². The molecule has 1 fully saturated rings. The molecule has 2 N–H and O–H groups in total. The second-order valence-corrected chi connectivity index (χ2v) is 9.00. The largest absolute Gasteiger partial charge is 0.496 e. The van der Waals surface area contributed by atoms with Gasteiger partial charge in [0, 0.05) is 50.4 Å². The second kappa shape index (κ2) is 13.1. The fraction of sp³-hybridized carbons (Fsp3) is 0.708. The van der Waals surface area contributed by atoms with Crippen LogP contribution in [0.4, 0.5) is 5.69 Å². The van der Waals surface area contributed by atoms with E-state index in [1.165, 1.54) is 24.8 Å². The van der Waals surface area contributed by atoms with Crippen molar-refractivity contribution in [3.8, 4) is 5.75 Å². The standard InChI is InChI=1S/C24H41N3O2S/c1-5-7-8-19(6-2)18-29-24(30)10-9-21-22(25)15-20(16-23(21)28-4)17-27-13-11-26(3)12-14-27/h15-16,19H,5-14,17-18,25H2,1-4H3. The predicted octanol–water partition coefficient (Wildman–Crippen LogP) is 4.52. The molecule has 1 heterocycles. The van der Waals surface area contributed by atoms with E-state index >= 15 is 0 Å². The van der Waals surface area contributed by atoms with Crippen LogP contribution in [-0.2, 0) is 17.7 Å². The highest BCUT2D eigenvalue weighted by Gasteiger charge is 2.17. The van der Waals surface area contributed by atoms with Gasteiger partial charge in [0.25, 0.3) is 0 Å². The van der Waals surface area contributed by atoms with Gasteiger partial charge in [0.15, 0.2) is 5.05 Å². The Hall–Kier alpha value is -1.37. The van der Waals surface area contributed by atoms with Crippen molar-refractivity contribution in [2.75, 3.05) is 52.7 Å². The first-order valence-electron chi connectivity index (χ1n) is 11.5. The summed E-state index contributed by atoms with van der Waals surface area (Å²) in [6, 6.07) is 4.23. The molecule has 1 aromatic rings. The van der Waals surface area contributed by atoms with Crippen molar-refractivity contribution in [3.63, 3.8) is 0 Å². The van der Waals surface area contributed by atoms with Gasteiger partial charge in [-0.25, -0.2) is 0 Å². The average molecular weight is 436 g/mol. The molecule has 1 aliphatic heterocycles. The van der Waals surface area contributed by atoms with Gasteiger partial charge < -0.3 is 20.1 Å². The van der Waals surface area contributed by atoms with Gasteiger partial charge in [0.1, 0.15) is 5.75 Å². The zero-order chi connectivity index (χ0) is 21.9. The maximum absolute atomic E-state index is 6.42. The van der Waals surface area contributed by atoms with Gasteiger partial charge in [0.2, 0.25) is 0 Å². The van der Waals surface area contributed by atoms with Crippen LogP contribution in [0.1, 0.15) is 57.1 Å². The lowest BCUT2D eigenvalue weighted by Crippen LogP contribution is -2.43. The summed E-state index contributed by atoms with van der Waals surface area (Å²) >= 11 is 5.48. The van der Waals surface area contributed by atoms with E-state index in [1.807, 2.05) is 0 Å². The van der Waals surface area contributed by atoms with Crippen molar-refractivity contribution in [1.82, 2.24) is 9.80 Å². The van der Waals surface area contributed by atoms with E-state index in [9.17, 15) is 0 Å². The summed E-state index contributed by atoms with van der Waals surface area (Å²) in [7, 11) is 3.89. The molecule has 1 unspecified atom stereocenters. The molecule has 1 atom stereocenters. The first-order valence-corrected chi connectivity index (χ1v) is 11.9. The van der Waals surface area contributed by atoms with Crippen LogP contribution in [-0.4, -0.2) is 61.8 Å². The number of rotatable bonds is 12. The molecule has 1 aliphatic rings. The van der Waals surface area contributed by atoms with Crippen LogP contribution in [0.15, 0.2) is 12.1 Å². The number of piperazine rings is 1. The first kappa shape index (κ1) is 24.9. The number of thiocarbonyl (C=S) groups is 1. The molecule has 0 spiro atoms. The third-order valence-corrected chi connectivity index (χ3v) is 6.45. The van der Waals surface area contributed by atoms with Crippen molar-refractivity contribution in [2.45, 2.75) is 58.9 Å². The van der Waals surface area contributed by atoms with Gasteiger partial charge in [-0.1, -0.05) is 33.1 Å². The van der Waals surface area contributed by atoms with Crippen LogP contribution < -0.4 is 10.5 Å². The van der Waals surface area contributed by atoms with E-state index in [1.54, 1.807) is 7.11 Å². The number of unbranched alkanes of at least 4 members (excludes halogenated alkanes) is 1. The molecular weight excluding hydrogens is 394 g/mol. The summed E-state index contributed by atoms with van der Waals surface area (Å²) in [4.78, 5) is 4.84. The highest BCUT2D eigenvalue weighted by Crippen LogP contribution is 2.29. The number of ether oxygens (including phenoxy) is 2. The highest BCUT2D eigenvalue weighted by atomic mass is 32.1. The number of nitrogen functional groups attached to an aromatic ring is 1. The number of likely N-dealkylation sites (N-methyl/N-ethyl adjacent to an activating group) is 1. The summed E-state index contributed by atoms with van der Waals surface area (Å²) in [6.07, 6.45) is 6.27. The molecule has 5 nitrogen and oxygen atoms in total. The zero-order valence-corrected chi connectivity index (χ0v) is 20.2. The molecule has 1 aromatic carbocycles. The number of benzene rings is 1. The summed E-state index contributed by atoms with van der Waals surface area (Å²) in [5.41, 5.74) is 9.44.